The second-order valence-electron chi connectivity index (χ2n) is 3.15. The van der Waals surface area contributed by atoms with Gasteiger partial charge in [-0.05, 0) is 25.1 Å². The Labute approximate surface area is 104 Å². The Morgan fingerprint density at radius 2 is 2.12 bits per heavy atom. The Morgan fingerprint density at radius 3 is 2.71 bits per heavy atom. The smallest absolute Gasteiger partial charge is 0.328 e. The van der Waals surface area contributed by atoms with E-state index in [1.807, 2.05) is 4.72 Å². The molecule has 0 aliphatic carbocycles. The molecule has 0 bridgehead atoms. The summed E-state index contributed by atoms with van der Waals surface area (Å²) in [5.74, 6) is 0. The number of carbonyl (C=O) groups excluding carboxylic acids is 1. The standard InChI is InChI=1S/C9H12ClN3O3S/c1-2-12-9(14)13-17(15,16)8-5-6(11)3-4-7(8)10/h3-5H,2,11H2,1H3,(H2,12,13,14). The van der Waals surface area contributed by atoms with E-state index in [-0.39, 0.29) is 15.6 Å². The van der Waals surface area contributed by atoms with Crippen molar-refractivity contribution in [1.29, 1.82) is 0 Å². The van der Waals surface area contributed by atoms with Gasteiger partial charge in [0.25, 0.3) is 10.0 Å². The van der Waals surface area contributed by atoms with Crippen LogP contribution in [0.5, 0.6) is 0 Å². The van der Waals surface area contributed by atoms with Gasteiger partial charge in [-0.1, -0.05) is 11.6 Å². The fourth-order valence-electron chi connectivity index (χ4n) is 1.10. The van der Waals surface area contributed by atoms with E-state index in [1.165, 1.54) is 18.2 Å². The zero-order valence-corrected chi connectivity index (χ0v) is 10.6. The number of nitrogen functional groups attached to an aromatic ring is 1. The fourth-order valence-corrected chi connectivity index (χ4v) is 2.56. The van der Waals surface area contributed by atoms with Crippen molar-refractivity contribution in [1.82, 2.24) is 10.0 Å². The second-order valence-corrected chi connectivity index (χ2v) is 5.21. The summed E-state index contributed by atoms with van der Waals surface area (Å²) in [4.78, 5) is 10.9. The molecule has 1 rings (SSSR count). The molecule has 94 valence electrons. The molecule has 4 N–H and O–H groups in total. The van der Waals surface area contributed by atoms with Gasteiger partial charge in [-0.3, -0.25) is 0 Å². The van der Waals surface area contributed by atoms with Crippen LogP contribution in [0.2, 0.25) is 5.02 Å². The molecule has 8 heteroatoms. The average Bonchev–Trinajstić information content (AvgIpc) is 2.21. The molecule has 0 aliphatic heterocycles. The quantitative estimate of drug-likeness (QED) is 0.715. The van der Waals surface area contributed by atoms with E-state index < -0.39 is 16.1 Å². The highest BCUT2D eigenvalue weighted by Crippen LogP contribution is 2.23. The molecular weight excluding hydrogens is 266 g/mol. The topological polar surface area (TPSA) is 101 Å². The molecule has 0 saturated heterocycles. The minimum atomic E-state index is -4.01. The van der Waals surface area contributed by atoms with Crippen molar-refractivity contribution < 1.29 is 13.2 Å². The van der Waals surface area contributed by atoms with Gasteiger partial charge < -0.3 is 11.1 Å². The lowest BCUT2D eigenvalue weighted by atomic mass is 10.3. The van der Waals surface area contributed by atoms with Crippen LogP contribution < -0.4 is 15.8 Å². The monoisotopic (exact) mass is 277 g/mol. The highest BCUT2D eigenvalue weighted by atomic mass is 35.5. The lowest BCUT2D eigenvalue weighted by molar-refractivity contribution is 0.246. The summed E-state index contributed by atoms with van der Waals surface area (Å²) in [6, 6.07) is 3.19. The van der Waals surface area contributed by atoms with Crippen molar-refractivity contribution in [2.24, 2.45) is 0 Å². The van der Waals surface area contributed by atoms with Gasteiger partial charge in [-0.2, -0.15) is 0 Å². The zero-order chi connectivity index (χ0) is 13.1. The first-order valence-electron chi connectivity index (χ1n) is 4.72. The number of sulfonamides is 1. The van der Waals surface area contributed by atoms with Gasteiger partial charge in [0.1, 0.15) is 4.90 Å². The second kappa shape index (κ2) is 5.24. The van der Waals surface area contributed by atoms with Gasteiger partial charge >= 0.3 is 6.03 Å². The number of hydrogen-bond acceptors (Lipinski definition) is 4. The van der Waals surface area contributed by atoms with Crippen LogP contribution in [0.3, 0.4) is 0 Å². The fraction of sp³-hybridized carbons (Fsp3) is 0.222. The van der Waals surface area contributed by atoms with Gasteiger partial charge in [-0.25, -0.2) is 17.9 Å². The highest BCUT2D eigenvalue weighted by molar-refractivity contribution is 7.90. The molecule has 1 aromatic rings. The zero-order valence-electron chi connectivity index (χ0n) is 9.03. The largest absolute Gasteiger partial charge is 0.399 e. The first-order valence-corrected chi connectivity index (χ1v) is 6.58. The molecular formula is C9H12ClN3O3S. The Balaban J connectivity index is 3.05. The predicted molar refractivity (Wildman–Crippen MR) is 65.3 cm³/mol. The molecule has 6 nitrogen and oxygen atoms in total. The SMILES string of the molecule is CCNC(=O)NS(=O)(=O)c1cc(N)ccc1Cl. The molecule has 0 spiro atoms. The lowest BCUT2D eigenvalue weighted by Crippen LogP contribution is -2.39. The van der Waals surface area contributed by atoms with Crippen molar-refractivity contribution in [3.8, 4) is 0 Å². The van der Waals surface area contributed by atoms with Crippen LogP contribution in [0.1, 0.15) is 6.92 Å². The van der Waals surface area contributed by atoms with Crippen LogP contribution in [0.4, 0.5) is 10.5 Å². The summed E-state index contributed by atoms with van der Waals surface area (Å²) in [5.41, 5.74) is 5.70. The van der Waals surface area contributed by atoms with E-state index in [0.29, 0.717) is 6.54 Å². The van der Waals surface area contributed by atoms with E-state index in [4.69, 9.17) is 17.3 Å². The van der Waals surface area contributed by atoms with Crippen LogP contribution in [0.15, 0.2) is 23.1 Å². The number of amides is 2. The van der Waals surface area contributed by atoms with Crippen LogP contribution in [-0.4, -0.2) is 21.0 Å². The molecule has 1 aromatic carbocycles. The molecule has 0 unspecified atom stereocenters. The maximum atomic E-state index is 11.8. The third-order valence-corrected chi connectivity index (χ3v) is 3.62. The van der Waals surface area contributed by atoms with Gasteiger partial charge in [0.15, 0.2) is 0 Å². The van der Waals surface area contributed by atoms with Crippen molar-refractivity contribution in [2.45, 2.75) is 11.8 Å². The number of anilines is 1. The van der Waals surface area contributed by atoms with E-state index >= 15 is 0 Å². The molecule has 0 heterocycles. The van der Waals surface area contributed by atoms with Crippen molar-refractivity contribution >= 4 is 33.3 Å². The predicted octanol–water partition coefficient (Wildman–Crippen LogP) is 0.930. The molecule has 2 amide bonds. The molecule has 0 saturated carbocycles. The molecule has 17 heavy (non-hydrogen) atoms. The number of urea groups is 1. The maximum Gasteiger partial charge on any atom is 0.328 e. The molecule has 0 radical (unpaired) electrons. The first kappa shape index (κ1) is 13.6. The van der Waals surface area contributed by atoms with Gasteiger partial charge in [-0.15, -0.1) is 0 Å². The van der Waals surface area contributed by atoms with Gasteiger partial charge in [0.2, 0.25) is 0 Å². The third kappa shape index (κ3) is 3.50. The minimum Gasteiger partial charge on any atom is -0.399 e. The lowest BCUT2D eigenvalue weighted by Gasteiger charge is -2.09. The Hall–Kier alpha value is -1.47. The number of rotatable bonds is 3. The molecule has 0 aromatic heterocycles. The normalized spacial score (nSPS) is 10.9. The van der Waals surface area contributed by atoms with Gasteiger partial charge in [0.05, 0.1) is 5.02 Å². The number of nitrogens with one attached hydrogen (secondary N) is 2. The summed E-state index contributed by atoms with van der Waals surface area (Å²) >= 11 is 5.73. The number of hydrogen-bond donors (Lipinski definition) is 3. The molecule has 0 fully saturated rings. The summed E-state index contributed by atoms with van der Waals surface area (Å²) in [6.45, 7) is 1.98. The number of carbonyl (C=O) groups is 1. The summed E-state index contributed by atoms with van der Waals surface area (Å²) < 4.78 is 25.4. The van der Waals surface area contributed by atoms with E-state index in [2.05, 4.69) is 5.32 Å². The van der Waals surface area contributed by atoms with Crippen molar-refractivity contribution in [2.75, 3.05) is 12.3 Å². The molecule has 0 atom stereocenters. The number of benzene rings is 1. The summed E-state index contributed by atoms with van der Waals surface area (Å²) in [7, 11) is -4.01. The van der Waals surface area contributed by atoms with Crippen molar-refractivity contribution in [3.05, 3.63) is 23.2 Å². The maximum absolute atomic E-state index is 11.8. The van der Waals surface area contributed by atoms with Crippen LogP contribution >= 0.6 is 11.6 Å². The Morgan fingerprint density at radius 1 is 1.47 bits per heavy atom. The Kier molecular flexibility index (Phi) is 4.19. The van der Waals surface area contributed by atoms with E-state index in [1.54, 1.807) is 6.92 Å². The third-order valence-electron chi connectivity index (χ3n) is 1.81. The van der Waals surface area contributed by atoms with Crippen LogP contribution in [0, 0.1) is 0 Å². The summed E-state index contributed by atoms with van der Waals surface area (Å²) in [5, 5.41) is 2.30. The number of nitrogens with two attached hydrogens (primary N) is 1. The highest BCUT2D eigenvalue weighted by Gasteiger charge is 2.20. The van der Waals surface area contributed by atoms with Crippen LogP contribution in [-0.2, 0) is 10.0 Å². The minimum absolute atomic E-state index is 0.00371. The van der Waals surface area contributed by atoms with Crippen molar-refractivity contribution in [3.63, 3.8) is 0 Å². The first-order chi connectivity index (χ1) is 7.86. The summed E-state index contributed by atoms with van der Waals surface area (Å²) in [6.07, 6.45) is 0. The van der Waals surface area contributed by atoms with Gasteiger partial charge in [0, 0.05) is 12.2 Å². The van der Waals surface area contributed by atoms with Crippen LogP contribution in [0.25, 0.3) is 0 Å². The Bertz CT molecular complexity index is 530. The van der Waals surface area contributed by atoms with E-state index in [0.717, 1.165) is 0 Å². The molecule has 0 aliphatic rings. The number of halogens is 1. The van der Waals surface area contributed by atoms with E-state index in [9.17, 15) is 13.2 Å². The average molecular weight is 278 g/mol.